The zero-order valence-corrected chi connectivity index (χ0v) is 12.4. The number of likely N-dealkylation sites (tertiary alicyclic amines) is 1. The minimum atomic E-state index is -0.447. The first-order valence-corrected chi connectivity index (χ1v) is 6.95. The highest BCUT2D eigenvalue weighted by Gasteiger charge is 2.41. The SMILES string of the molecule is Cl.NC1CCC2CN(Cc3cc(F)ccc3[N+](=O)[O-])CC12. The molecule has 21 heavy (non-hydrogen) atoms. The van der Waals surface area contributed by atoms with Crippen LogP contribution in [0.2, 0.25) is 0 Å². The summed E-state index contributed by atoms with van der Waals surface area (Å²) in [5, 5.41) is 11.0. The Labute approximate surface area is 128 Å². The van der Waals surface area contributed by atoms with Crippen LogP contribution in [0.5, 0.6) is 0 Å². The third-order valence-corrected chi connectivity index (χ3v) is 4.62. The lowest BCUT2D eigenvalue weighted by Crippen LogP contribution is -2.30. The monoisotopic (exact) mass is 315 g/mol. The number of benzene rings is 1. The lowest BCUT2D eigenvalue weighted by Gasteiger charge is -2.18. The molecule has 116 valence electrons. The van der Waals surface area contributed by atoms with Gasteiger partial charge in [-0.3, -0.25) is 15.0 Å². The van der Waals surface area contributed by atoms with Crippen LogP contribution in [-0.4, -0.2) is 29.0 Å². The van der Waals surface area contributed by atoms with Gasteiger partial charge in [0, 0.05) is 37.3 Å². The normalized spacial score (nSPS) is 28.2. The van der Waals surface area contributed by atoms with Crippen LogP contribution in [0.15, 0.2) is 18.2 Å². The first-order valence-electron chi connectivity index (χ1n) is 6.95. The van der Waals surface area contributed by atoms with E-state index in [9.17, 15) is 14.5 Å². The second-order valence-corrected chi connectivity index (χ2v) is 5.89. The predicted octanol–water partition coefficient (Wildman–Crippen LogP) is 2.32. The molecule has 3 atom stereocenters. The van der Waals surface area contributed by atoms with E-state index in [1.807, 2.05) is 0 Å². The summed E-state index contributed by atoms with van der Waals surface area (Å²) in [4.78, 5) is 12.7. The molecular weight excluding hydrogens is 297 g/mol. The molecule has 1 aromatic carbocycles. The smallest absolute Gasteiger partial charge is 0.274 e. The molecule has 3 unspecified atom stereocenters. The largest absolute Gasteiger partial charge is 0.327 e. The van der Waals surface area contributed by atoms with Crippen LogP contribution in [0.1, 0.15) is 18.4 Å². The molecule has 3 rings (SSSR count). The highest BCUT2D eigenvalue weighted by molar-refractivity contribution is 5.85. The van der Waals surface area contributed by atoms with Crippen LogP contribution in [0, 0.1) is 27.8 Å². The maximum atomic E-state index is 13.3. The average Bonchev–Trinajstić information content (AvgIpc) is 2.92. The Morgan fingerprint density at radius 2 is 2.14 bits per heavy atom. The zero-order valence-electron chi connectivity index (χ0n) is 11.6. The van der Waals surface area contributed by atoms with Gasteiger partial charge in [0.1, 0.15) is 5.82 Å². The molecule has 0 bridgehead atoms. The number of hydrogen-bond donors (Lipinski definition) is 1. The van der Waals surface area contributed by atoms with Crippen molar-refractivity contribution in [2.24, 2.45) is 17.6 Å². The molecule has 1 aliphatic heterocycles. The number of nitrogens with two attached hydrogens (primary N) is 1. The fourth-order valence-electron chi connectivity index (χ4n) is 3.63. The summed E-state index contributed by atoms with van der Waals surface area (Å²) in [5.74, 6) is 0.655. The van der Waals surface area contributed by atoms with E-state index < -0.39 is 10.7 Å². The lowest BCUT2D eigenvalue weighted by molar-refractivity contribution is -0.385. The molecule has 0 radical (unpaired) electrons. The first-order chi connectivity index (χ1) is 9.54. The van der Waals surface area contributed by atoms with Crippen molar-refractivity contribution >= 4 is 18.1 Å². The Bertz CT molecular complexity index is 543. The van der Waals surface area contributed by atoms with E-state index in [-0.39, 0.29) is 24.1 Å². The number of nitrogens with zero attached hydrogens (tertiary/aromatic N) is 2. The van der Waals surface area contributed by atoms with Crippen molar-refractivity contribution in [2.75, 3.05) is 13.1 Å². The van der Waals surface area contributed by atoms with Crippen molar-refractivity contribution in [1.82, 2.24) is 4.90 Å². The molecule has 0 aromatic heterocycles. The number of nitro groups is 1. The van der Waals surface area contributed by atoms with Crippen molar-refractivity contribution in [2.45, 2.75) is 25.4 Å². The minimum Gasteiger partial charge on any atom is -0.327 e. The first kappa shape index (κ1) is 16.1. The zero-order chi connectivity index (χ0) is 14.3. The van der Waals surface area contributed by atoms with E-state index in [2.05, 4.69) is 4.90 Å². The Balaban J connectivity index is 0.00000161. The lowest BCUT2D eigenvalue weighted by atomic mass is 9.98. The molecule has 1 heterocycles. The van der Waals surface area contributed by atoms with Gasteiger partial charge in [-0.2, -0.15) is 0 Å². The van der Waals surface area contributed by atoms with E-state index in [0.717, 1.165) is 32.0 Å². The van der Waals surface area contributed by atoms with Crippen molar-refractivity contribution in [3.8, 4) is 0 Å². The van der Waals surface area contributed by atoms with Gasteiger partial charge >= 0.3 is 0 Å². The van der Waals surface area contributed by atoms with Crippen molar-refractivity contribution in [3.63, 3.8) is 0 Å². The Morgan fingerprint density at radius 1 is 1.38 bits per heavy atom. The van der Waals surface area contributed by atoms with Crippen LogP contribution in [0.25, 0.3) is 0 Å². The second-order valence-electron chi connectivity index (χ2n) is 5.89. The molecule has 5 nitrogen and oxygen atoms in total. The number of halogens is 2. The molecular formula is C14H19ClFN3O2. The van der Waals surface area contributed by atoms with Gasteiger partial charge in [-0.1, -0.05) is 0 Å². The summed E-state index contributed by atoms with van der Waals surface area (Å²) in [6.07, 6.45) is 2.21. The molecule has 2 aliphatic rings. The molecule has 1 aromatic rings. The van der Waals surface area contributed by atoms with E-state index >= 15 is 0 Å². The van der Waals surface area contributed by atoms with Gasteiger partial charge in [-0.05, 0) is 36.8 Å². The highest BCUT2D eigenvalue weighted by Crippen LogP contribution is 2.38. The Morgan fingerprint density at radius 3 is 2.81 bits per heavy atom. The number of hydrogen-bond acceptors (Lipinski definition) is 4. The molecule has 1 saturated heterocycles. The Hall–Kier alpha value is -1.24. The number of fused-ring (bicyclic) bond motifs is 1. The second kappa shape index (κ2) is 6.25. The van der Waals surface area contributed by atoms with Crippen LogP contribution < -0.4 is 5.73 Å². The molecule has 0 amide bonds. The molecule has 0 spiro atoms. The fourth-order valence-corrected chi connectivity index (χ4v) is 3.63. The Kier molecular flexibility index (Phi) is 4.81. The number of rotatable bonds is 3. The van der Waals surface area contributed by atoms with Crippen molar-refractivity contribution < 1.29 is 9.31 Å². The maximum absolute atomic E-state index is 13.3. The van der Waals surface area contributed by atoms with Crippen LogP contribution in [0.3, 0.4) is 0 Å². The molecule has 2 N–H and O–H groups in total. The summed E-state index contributed by atoms with van der Waals surface area (Å²) in [7, 11) is 0. The molecule has 2 fully saturated rings. The predicted molar refractivity (Wildman–Crippen MR) is 79.8 cm³/mol. The van der Waals surface area contributed by atoms with E-state index in [1.54, 1.807) is 0 Å². The topological polar surface area (TPSA) is 72.4 Å². The minimum absolute atomic E-state index is 0. The fraction of sp³-hybridized carbons (Fsp3) is 0.571. The van der Waals surface area contributed by atoms with Gasteiger partial charge in [-0.25, -0.2) is 4.39 Å². The summed E-state index contributed by atoms with van der Waals surface area (Å²) in [6.45, 7) is 2.19. The molecule has 7 heteroatoms. The maximum Gasteiger partial charge on any atom is 0.274 e. The van der Waals surface area contributed by atoms with Crippen LogP contribution in [0.4, 0.5) is 10.1 Å². The summed E-state index contributed by atoms with van der Waals surface area (Å²) in [5.41, 5.74) is 6.52. The van der Waals surface area contributed by atoms with E-state index in [1.165, 1.54) is 12.1 Å². The van der Waals surface area contributed by atoms with Gasteiger partial charge in [0.05, 0.1) is 4.92 Å². The molecule has 1 saturated carbocycles. The van der Waals surface area contributed by atoms with Crippen LogP contribution in [-0.2, 0) is 6.54 Å². The summed E-state index contributed by atoms with van der Waals surface area (Å²) in [6, 6.07) is 3.89. The van der Waals surface area contributed by atoms with E-state index in [4.69, 9.17) is 5.73 Å². The van der Waals surface area contributed by atoms with E-state index in [0.29, 0.717) is 23.9 Å². The van der Waals surface area contributed by atoms with Crippen molar-refractivity contribution in [1.29, 1.82) is 0 Å². The highest BCUT2D eigenvalue weighted by atomic mass is 35.5. The average molecular weight is 316 g/mol. The van der Waals surface area contributed by atoms with Gasteiger partial charge < -0.3 is 5.73 Å². The number of nitro benzene ring substituents is 1. The quantitative estimate of drug-likeness (QED) is 0.686. The third-order valence-electron chi connectivity index (χ3n) is 4.62. The van der Waals surface area contributed by atoms with Gasteiger partial charge in [0.15, 0.2) is 0 Å². The summed E-state index contributed by atoms with van der Waals surface area (Å²) >= 11 is 0. The van der Waals surface area contributed by atoms with Gasteiger partial charge in [0.2, 0.25) is 0 Å². The van der Waals surface area contributed by atoms with Crippen molar-refractivity contribution in [3.05, 3.63) is 39.7 Å². The third kappa shape index (κ3) is 3.17. The summed E-state index contributed by atoms with van der Waals surface area (Å²) < 4.78 is 13.3. The van der Waals surface area contributed by atoms with Crippen LogP contribution >= 0.6 is 12.4 Å². The van der Waals surface area contributed by atoms with Gasteiger partial charge in [-0.15, -0.1) is 12.4 Å². The molecule has 1 aliphatic carbocycles. The standard InChI is InChI=1S/C14H18FN3O2.ClH/c15-11-2-4-14(18(19)20)10(5-11)7-17-6-9-1-3-13(16)12(9)8-17;/h2,4-5,9,12-13H,1,3,6-8,16H2;1H. The van der Waals surface area contributed by atoms with Gasteiger partial charge in [0.25, 0.3) is 5.69 Å².